The number of ether oxygens (including phenoxy) is 1. The van der Waals surface area contributed by atoms with E-state index in [0.29, 0.717) is 18.6 Å². The molecule has 0 amide bonds. The molecule has 0 saturated carbocycles. The number of hydrogen-bond donors (Lipinski definition) is 0. The molecule has 0 bridgehead atoms. The summed E-state index contributed by atoms with van der Waals surface area (Å²) in [5.74, 6) is -1.69. The summed E-state index contributed by atoms with van der Waals surface area (Å²) in [4.78, 5) is 10.4. The lowest BCUT2D eigenvalue weighted by atomic mass is 10.1. The van der Waals surface area contributed by atoms with Gasteiger partial charge < -0.3 is 4.74 Å². The Morgan fingerprint density at radius 3 is 2.31 bits per heavy atom. The zero-order valence-electron chi connectivity index (χ0n) is 9.30. The predicted octanol–water partition coefficient (Wildman–Crippen LogP) is 3.20. The third-order valence-corrected chi connectivity index (χ3v) is 2.10. The number of aldehydes is 1. The van der Waals surface area contributed by atoms with E-state index in [0.717, 1.165) is 12.1 Å². The van der Waals surface area contributed by atoms with Crippen molar-refractivity contribution in [3.8, 4) is 5.75 Å². The molecule has 0 heterocycles. The summed E-state index contributed by atoms with van der Waals surface area (Å²) in [5.41, 5.74) is -0.0359. The second-order valence-corrected chi connectivity index (χ2v) is 3.96. The molecule has 1 rings (SSSR count). The van der Waals surface area contributed by atoms with Gasteiger partial charge >= 0.3 is 0 Å². The van der Waals surface area contributed by atoms with Crippen LogP contribution >= 0.6 is 0 Å². The molecule has 0 aromatic heterocycles. The third-order valence-electron chi connectivity index (χ3n) is 2.10. The van der Waals surface area contributed by atoms with E-state index in [2.05, 4.69) is 0 Å². The Morgan fingerprint density at radius 2 is 1.88 bits per heavy atom. The summed E-state index contributed by atoms with van der Waals surface area (Å²) in [7, 11) is 0. The maximum Gasteiger partial charge on any atom is 0.190 e. The molecule has 0 aliphatic heterocycles. The van der Waals surface area contributed by atoms with Crippen LogP contribution in [0, 0.1) is 17.6 Å². The molecule has 0 saturated heterocycles. The van der Waals surface area contributed by atoms with Crippen LogP contribution in [0.1, 0.15) is 30.6 Å². The molecule has 0 aliphatic rings. The average molecular weight is 228 g/mol. The van der Waals surface area contributed by atoms with Crippen LogP contribution in [0.5, 0.6) is 5.75 Å². The Morgan fingerprint density at radius 1 is 1.31 bits per heavy atom. The van der Waals surface area contributed by atoms with Crippen molar-refractivity contribution in [2.45, 2.75) is 20.3 Å². The number of carbonyl (C=O) groups excluding carboxylic acids is 1. The van der Waals surface area contributed by atoms with E-state index >= 15 is 0 Å². The predicted molar refractivity (Wildman–Crippen MR) is 56.7 cm³/mol. The van der Waals surface area contributed by atoms with Gasteiger partial charge in [0.25, 0.3) is 0 Å². The van der Waals surface area contributed by atoms with Crippen LogP contribution in [0.3, 0.4) is 0 Å². The van der Waals surface area contributed by atoms with Gasteiger partial charge in [0.15, 0.2) is 17.4 Å². The van der Waals surface area contributed by atoms with Gasteiger partial charge in [-0.15, -0.1) is 0 Å². The summed E-state index contributed by atoms with van der Waals surface area (Å²) >= 11 is 0. The highest BCUT2D eigenvalue weighted by atomic mass is 19.1. The van der Waals surface area contributed by atoms with Crippen molar-refractivity contribution >= 4 is 6.29 Å². The Kier molecular flexibility index (Phi) is 4.40. The van der Waals surface area contributed by atoms with Gasteiger partial charge in [-0.3, -0.25) is 4.79 Å². The first-order valence-corrected chi connectivity index (χ1v) is 5.11. The van der Waals surface area contributed by atoms with E-state index < -0.39 is 17.4 Å². The van der Waals surface area contributed by atoms with Crippen molar-refractivity contribution in [3.05, 3.63) is 29.3 Å². The zero-order valence-corrected chi connectivity index (χ0v) is 9.30. The number of carbonyl (C=O) groups is 1. The molecule has 2 nitrogen and oxygen atoms in total. The highest BCUT2D eigenvalue weighted by Gasteiger charge is 2.12. The summed E-state index contributed by atoms with van der Waals surface area (Å²) in [5, 5.41) is 0. The van der Waals surface area contributed by atoms with Gasteiger partial charge in [0.05, 0.1) is 6.61 Å². The molecule has 4 heteroatoms. The molecule has 0 aliphatic carbocycles. The molecule has 1 aromatic rings. The van der Waals surface area contributed by atoms with E-state index in [1.165, 1.54) is 0 Å². The van der Waals surface area contributed by atoms with Crippen molar-refractivity contribution in [2.24, 2.45) is 5.92 Å². The minimum absolute atomic E-state index is 0.0359. The largest absolute Gasteiger partial charge is 0.488 e. The van der Waals surface area contributed by atoms with E-state index in [1.54, 1.807) is 0 Å². The highest BCUT2D eigenvalue weighted by Crippen LogP contribution is 2.23. The average Bonchev–Trinajstić information content (AvgIpc) is 2.21. The first-order valence-electron chi connectivity index (χ1n) is 5.11. The molecule has 1 aromatic carbocycles. The van der Waals surface area contributed by atoms with Gasteiger partial charge in [0.1, 0.15) is 6.29 Å². The van der Waals surface area contributed by atoms with Crippen molar-refractivity contribution in [3.63, 3.8) is 0 Å². The number of hydrogen-bond acceptors (Lipinski definition) is 2. The monoisotopic (exact) mass is 228 g/mol. The van der Waals surface area contributed by atoms with E-state index in [1.807, 2.05) is 13.8 Å². The fraction of sp³-hybridized carbons (Fsp3) is 0.417. The van der Waals surface area contributed by atoms with Gasteiger partial charge in [0.2, 0.25) is 0 Å². The first-order chi connectivity index (χ1) is 7.54. The molecule has 0 fully saturated rings. The summed E-state index contributed by atoms with van der Waals surface area (Å²) in [6.45, 7) is 4.24. The topological polar surface area (TPSA) is 26.3 Å². The van der Waals surface area contributed by atoms with Gasteiger partial charge in [-0.2, -0.15) is 0 Å². The molecule has 0 N–H and O–H groups in total. The van der Waals surface area contributed by atoms with Crippen molar-refractivity contribution in [1.82, 2.24) is 0 Å². The summed E-state index contributed by atoms with van der Waals surface area (Å²) in [6.07, 6.45) is 1.11. The third kappa shape index (κ3) is 3.29. The van der Waals surface area contributed by atoms with Crippen LogP contribution in [0.25, 0.3) is 0 Å². The maximum absolute atomic E-state index is 13.3. The van der Waals surface area contributed by atoms with Gasteiger partial charge in [0, 0.05) is 5.56 Å². The highest BCUT2D eigenvalue weighted by molar-refractivity contribution is 5.75. The standard InChI is InChI=1S/C12H14F2O2/c1-8(2)3-4-16-12-10(13)5-9(7-15)6-11(12)14/h5-8H,3-4H2,1-2H3. The molecule has 88 valence electrons. The van der Waals surface area contributed by atoms with Crippen LogP contribution < -0.4 is 4.74 Å². The maximum atomic E-state index is 13.3. The fourth-order valence-electron chi connectivity index (χ4n) is 1.18. The molecule has 16 heavy (non-hydrogen) atoms. The zero-order chi connectivity index (χ0) is 12.1. The van der Waals surface area contributed by atoms with Crippen molar-refractivity contribution in [1.29, 1.82) is 0 Å². The lowest BCUT2D eigenvalue weighted by Gasteiger charge is -2.10. The molecule has 0 atom stereocenters. The van der Waals surface area contributed by atoms with E-state index in [-0.39, 0.29) is 12.2 Å². The number of halogens is 2. The quantitative estimate of drug-likeness (QED) is 0.723. The molecular formula is C12H14F2O2. The minimum Gasteiger partial charge on any atom is -0.488 e. The van der Waals surface area contributed by atoms with E-state index in [9.17, 15) is 13.6 Å². The summed E-state index contributed by atoms with van der Waals surface area (Å²) in [6, 6.07) is 1.92. The molecule has 0 unspecified atom stereocenters. The Bertz CT molecular complexity index is 352. The van der Waals surface area contributed by atoms with Crippen LogP contribution in [0.15, 0.2) is 12.1 Å². The smallest absolute Gasteiger partial charge is 0.190 e. The van der Waals surface area contributed by atoms with E-state index in [4.69, 9.17) is 4.74 Å². The molecule has 0 radical (unpaired) electrons. The van der Waals surface area contributed by atoms with Crippen molar-refractivity contribution < 1.29 is 18.3 Å². The Labute approximate surface area is 93.2 Å². The second-order valence-electron chi connectivity index (χ2n) is 3.96. The number of benzene rings is 1. The van der Waals surface area contributed by atoms with Gasteiger partial charge in [-0.05, 0) is 24.5 Å². The normalized spacial score (nSPS) is 10.6. The molecular weight excluding hydrogens is 214 g/mol. The van der Waals surface area contributed by atoms with Crippen LogP contribution in [-0.2, 0) is 0 Å². The lowest BCUT2D eigenvalue weighted by molar-refractivity contribution is 0.112. The van der Waals surface area contributed by atoms with Crippen LogP contribution in [0.2, 0.25) is 0 Å². The Hall–Kier alpha value is -1.45. The number of rotatable bonds is 5. The van der Waals surface area contributed by atoms with Crippen LogP contribution in [0.4, 0.5) is 8.78 Å². The molecule has 0 spiro atoms. The summed E-state index contributed by atoms with van der Waals surface area (Å²) < 4.78 is 31.6. The van der Waals surface area contributed by atoms with Gasteiger partial charge in [-0.1, -0.05) is 13.8 Å². The first kappa shape index (κ1) is 12.6. The van der Waals surface area contributed by atoms with Gasteiger partial charge in [-0.25, -0.2) is 8.78 Å². The SMILES string of the molecule is CC(C)CCOc1c(F)cc(C=O)cc1F. The fourth-order valence-corrected chi connectivity index (χ4v) is 1.18. The second kappa shape index (κ2) is 5.58. The Balaban J connectivity index is 2.76. The van der Waals surface area contributed by atoms with Crippen molar-refractivity contribution in [2.75, 3.05) is 6.61 Å². The lowest BCUT2D eigenvalue weighted by Crippen LogP contribution is -2.05. The minimum atomic E-state index is -0.842. The van der Waals surface area contributed by atoms with Crippen LogP contribution in [-0.4, -0.2) is 12.9 Å².